The third-order valence-electron chi connectivity index (χ3n) is 2.84. The van der Waals surface area contributed by atoms with Gasteiger partial charge in [-0.3, -0.25) is 5.32 Å². The van der Waals surface area contributed by atoms with Crippen molar-refractivity contribution in [1.82, 2.24) is 20.3 Å². The van der Waals surface area contributed by atoms with Gasteiger partial charge in [-0.15, -0.1) is 11.3 Å². The lowest BCUT2D eigenvalue weighted by Gasteiger charge is -2.08. The van der Waals surface area contributed by atoms with Gasteiger partial charge in [0.2, 0.25) is 0 Å². The SMILES string of the molecule is Cc1cnc(CCNC(=O)Nc2scnc2C(C)C)nc1. The number of hydrogen-bond donors (Lipinski definition) is 2. The Bertz CT molecular complexity index is 594. The van der Waals surface area contributed by atoms with Crippen LogP contribution in [0, 0.1) is 6.92 Å². The molecule has 0 aliphatic rings. The first-order valence-corrected chi connectivity index (χ1v) is 7.70. The molecule has 0 spiro atoms. The van der Waals surface area contributed by atoms with Gasteiger partial charge in [0.1, 0.15) is 10.8 Å². The summed E-state index contributed by atoms with van der Waals surface area (Å²) in [6, 6.07) is -0.228. The second-order valence-electron chi connectivity index (χ2n) is 5.03. The third kappa shape index (κ3) is 4.49. The third-order valence-corrected chi connectivity index (χ3v) is 3.60. The second kappa shape index (κ2) is 7.12. The Balaban J connectivity index is 1.79. The number of aromatic nitrogens is 3. The smallest absolute Gasteiger partial charge is 0.319 e. The second-order valence-corrected chi connectivity index (χ2v) is 5.88. The Hall–Kier alpha value is -2.02. The molecule has 0 aliphatic heterocycles. The van der Waals surface area contributed by atoms with Gasteiger partial charge in [0.15, 0.2) is 0 Å². The van der Waals surface area contributed by atoms with E-state index in [4.69, 9.17) is 0 Å². The number of anilines is 1. The summed E-state index contributed by atoms with van der Waals surface area (Å²) >= 11 is 1.43. The van der Waals surface area contributed by atoms with Crippen molar-refractivity contribution in [3.05, 3.63) is 35.0 Å². The van der Waals surface area contributed by atoms with E-state index < -0.39 is 0 Å². The van der Waals surface area contributed by atoms with Gasteiger partial charge in [0, 0.05) is 25.4 Å². The largest absolute Gasteiger partial charge is 0.337 e. The molecule has 2 N–H and O–H groups in total. The highest BCUT2D eigenvalue weighted by molar-refractivity contribution is 7.14. The molecule has 0 aliphatic carbocycles. The number of nitrogens with one attached hydrogen (secondary N) is 2. The molecule has 0 atom stereocenters. The minimum absolute atomic E-state index is 0.228. The number of rotatable bonds is 5. The van der Waals surface area contributed by atoms with E-state index in [1.807, 2.05) is 20.8 Å². The molecular formula is C14H19N5OS. The first kappa shape index (κ1) is 15.4. The number of amides is 2. The summed E-state index contributed by atoms with van der Waals surface area (Å²) in [5, 5.41) is 6.43. The highest BCUT2D eigenvalue weighted by Gasteiger charge is 2.12. The van der Waals surface area contributed by atoms with Crippen LogP contribution in [0.3, 0.4) is 0 Å². The topological polar surface area (TPSA) is 79.8 Å². The van der Waals surface area contributed by atoms with E-state index in [9.17, 15) is 4.79 Å². The molecule has 0 bridgehead atoms. The van der Waals surface area contributed by atoms with Gasteiger partial charge < -0.3 is 5.32 Å². The van der Waals surface area contributed by atoms with Crippen molar-refractivity contribution in [2.24, 2.45) is 0 Å². The van der Waals surface area contributed by atoms with Crippen LogP contribution >= 0.6 is 11.3 Å². The molecule has 2 heterocycles. The summed E-state index contributed by atoms with van der Waals surface area (Å²) in [6.07, 6.45) is 4.15. The number of urea groups is 1. The van der Waals surface area contributed by atoms with Crippen molar-refractivity contribution >= 4 is 22.4 Å². The van der Waals surface area contributed by atoms with Crippen LogP contribution in [0.4, 0.5) is 9.80 Å². The molecule has 2 amide bonds. The van der Waals surface area contributed by atoms with Gasteiger partial charge in [-0.05, 0) is 18.4 Å². The predicted octanol–water partition coefficient (Wildman–Crippen LogP) is 2.73. The zero-order chi connectivity index (χ0) is 15.2. The molecule has 0 radical (unpaired) electrons. The summed E-state index contributed by atoms with van der Waals surface area (Å²) < 4.78 is 0. The summed E-state index contributed by atoms with van der Waals surface area (Å²) in [5.74, 6) is 1.01. The van der Waals surface area contributed by atoms with E-state index in [1.54, 1.807) is 17.9 Å². The Morgan fingerprint density at radius 2 is 2.00 bits per heavy atom. The Morgan fingerprint density at radius 1 is 1.29 bits per heavy atom. The minimum Gasteiger partial charge on any atom is -0.337 e. The van der Waals surface area contributed by atoms with Crippen LogP contribution in [0.1, 0.15) is 36.8 Å². The average molecular weight is 305 g/mol. The van der Waals surface area contributed by atoms with Crippen molar-refractivity contribution < 1.29 is 4.79 Å². The predicted molar refractivity (Wildman–Crippen MR) is 83.7 cm³/mol. The lowest BCUT2D eigenvalue weighted by Crippen LogP contribution is -2.30. The number of carbonyl (C=O) groups is 1. The van der Waals surface area contributed by atoms with E-state index in [1.165, 1.54) is 11.3 Å². The first-order valence-electron chi connectivity index (χ1n) is 6.82. The Morgan fingerprint density at radius 3 is 2.67 bits per heavy atom. The van der Waals surface area contributed by atoms with Crippen LogP contribution in [-0.4, -0.2) is 27.5 Å². The van der Waals surface area contributed by atoms with Gasteiger partial charge in [0.25, 0.3) is 0 Å². The molecule has 0 unspecified atom stereocenters. The molecule has 2 aromatic heterocycles. The van der Waals surface area contributed by atoms with E-state index in [-0.39, 0.29) is 11.9 Å². The highest BCUT2D eigenvalue weighted by Crippen LogP contribution is 2.26. The molecule has 2 rings (SSSR count). The molecule has 0 saturated heterocycles. The summed E-state index contributed by atoms with van der Waals surface area (Å²) in [6.45, 7) is 6.53. The summed E-state index contributed by atoms with van der Waals surface area (Å²) in [5.41, 5.74) is 3.68. The molecule has 0 aromatic carbocycles. The van der Waals surface area contributed by atoms with E-state index in [0.29, 0.717) is 13.0 Å². The average Bonchev–Trinajstić information content (AvgIpc) is 2.89. The molecule has 2 aromatic rings. The highest BCUT2D eigenvalue weighted by atomic mass is 32.1. The van der Waals surface area contributed by atoms with Crippen LogP contribution in [-0.2, 0) is 6.42 Å². The number of aryl methyl sites for hydroxylation is 1. The van der Waals surface area contributed by atoms with Crippen molar-refractivity contribution in [1.29, 1.82) is 0 Å². The van der Waals surface area contributed by atoms with Crippen LogP contribution in [0.5, 0.6) is 0 Å². The number of hydrogen-bond acceptors (Lipinski definition) is 5. The molecule has 112 valence electrons. The number of carbonyl (C=O) groups excluding carboxylic acids is 1. The van der Waals surface area contributed by atoms with E-state index in [0.717, 1.165) is 22.1 Å². The lowest BCUT2D eigenvalue weighted by molar-refractivity contribution is 0.252. The monoisotopic (exact) mass is 305 g/mol. The molecule has 21 heavy (non-hydrogen) atoms. The van der Waals surface area contributed by atoms with E-state index >= 15 is 0 Å². The normalized spacial score (nSPS) is 10.7. The fourth-order valence-electron chi connectivity index (χ4n) is 1.74. The molecule has 7 heteroatoms. The van der Waals surface area contributed by atoms with Gasteiger partial charge in [-0.1, -0.05) is 13.8 Å². The van der Waals surface area contributed by atoms with Crippen LogP contribution in [0.15, 0.2) is 17.9 Å². The van der Waals surface area contributed by atoms with Gasteiger partial charge in [-0.25, -0.2) is 19.7 Å². The Kier molecular flexibility index (Phi) is 5.21. The number of thiazole rings is 1. The van der Waals surface area contributed by atoms with Crippen molar-refractivity contribution in [3.8, 4) is 0 Å². The maximum absolute atomic E-state index is 11.8. The van der Waals surface area contributed by atoms with Crippen LogP contribution in [0.2, 0.25) is 0 Å². The quantitative estimate of drug-likeness (QED) is 0.890. The van der Waals surface area contributed by atoms with Crippen molar-refractivity contribution in [3.63, 3.8) is 0 Å². The van der Waals surface area contributed by atoms with Gasteiger partial charge in [0.05, 0.1) is 11.2 Å². The maximum Gasteiger partial charge on any atom is 0.319 e. The standard InChI is InChI=1S/C14H19N5OS/c1-9(2)12-13(21-8-18-12)19-14(20)15-5-4-11-16-6-10(3)7-17-11/h6-9H,4-5H2,1-3H3,(H2,15,19,20). The Labute approximate surface area is 128 Å². The molecular weight excluding hydrogens is 286 g/mol. The van der Waals surface area contributed by atoms with Crippen molar-refractivity contribution in [2.45, 2.75) is 33.1 Å². The van der Waals surface area contributed by atoms with Crippen LogP contribution < -0.4 is 10.6 Å². The zero-order valence-corrected chi connectivity index (χ0v) is 13.2. The fourth-order valence-corrected chi connectivity index (χ4v) is 2.58. The summed E-state index contributed by atoms with van der Waals surface area (Å²) in [7, 11) is 0. The molecule has 6 nitrogen and oxygen atoms in total. The minimum atomic E-state index is -0.228. The number of nitrogens with zero attached hydrogens (tertiary/aromatic N) is 3. The fraction of sp³-hybridized carbons (Fsp3) is 0.429. The summed E-state index contributed by atoms with van der Waals surface area (Å²) in [4.78, 5) is 24.5. The molecule has 0 fully saturated rings. The van der Waals surface area contributed by atoms with E-state index in [2.05, 4.69) is 25.6 Å². The van der Waals surface area contributed by atoms with Crippen molar-refractivity contribution in [2.75, 3.05) is 11.9 Å². The molecule has 0 saturated carbocycles. The first-order chi connectivity index (χ1) is 10.1. The maximum atomic E-state index is 11.8. The zero-order valence-electron chi connectivity index (χ0n) is 12.4. The van der Waals surface area contributed by atoms with Gasteiger partial charge >= 0.3 is 6.03 Å². The van der Waals surface area contributed by atoms with Gasteiger partial charge in [-0.2, -0.15) is 0 Å². The lowest BCUT2D eigenvalue weighted by atomic mass is 10.1. The van der Waals surface area contributed by atoms with Crippen LogP contribution in [0.25, 0.3) is 0 Å².